The van der Waals surface area contributed by atoms with Gasteiger partial charge >= 0.3 is 0 Å². The fourth-order valence-corrected chi connectivity index (χ4v) is 8.04. The van der Waals surface area contributed by atoms with Crippen LogP contribution in [0.15, 0.2) is 48.6 Å². The monoisotopic (exact) mass is 550 g/mol. The number of halogens is 2. The largest absolute Gasteiger partial charge is 0.491 e. The van der Waals surface area contributed by atoms with Gasteiger partial charge in [0, 0.05) is 0 Å². The Morgan fingerprint density at radius 2 is 1.32 bits per heavy atom. The highest BCUT2D eigenvalue weighted by atomic mass is 19.2. The van der Waals surface area contributed by atoms with Crippen LogP contribution in [0.1, 0.15) is 108 Å². The van der Waals surface area contributed by atoms with Gasteiger partial charge in [0.25, 0.3) is 0 Å². The summed E-state index contributed by atoms with van der Waals surface area (Å²) in [4.78, 5) is 0. The van der Waals surface area contributed by atoms with Crippen LogP contribution >= 0.6 is 0 Å². The standard InChI is InChI=1S/C36H48F2O2/c1-3-5-6-7-25-8-12-27(13-9-25)29-16-18-32-23-30(17-19-31(32)22-29)28-14-10-26(11-15-28)24-40-34-21-20-33(39-4-2)35(37)36(34)38/h3,5,10-11,14-15,20-21,25,27,29-32H,4,6-9,12-13,16-19,22-24H2,1-2H3/b5-3+. The number of hydrogen-bond donors (Lipinski definition) is 0. The molecule has 2 nitrogen and oxygen atoms in total. The number of ether oxygens (including phenoxy) is 2. The van der Waals surface area contributed by atoms with Gasteiger partial charge in [0.2, 0.25) is 11.6 Å². The van der Waals surface area contributed by atoms with Crippen molar-refractivity contribution in [3.63, 3.8) is 0 Å². The van der Waals surface area contributed by atoms with Crippen molar-refractivity contribution in [1.82, 2.24) is 0 Å². The molecule has 0 bridgehead atoms. The van der Waals surface area contributed by atoms with E-state index in [1.165, 1.54) is 94.7 Å². The Hall–Kier alpha value is -2.36. The first kappa shape index (κ1) is 29.1. The van der Waals surface area contributed by atoms with Gasteiger partial charge in [-0.2, -0.15) is 8.78 Å². The maximum absolute atomic E-state index is 14.3. The lowest BCUT2D eigenvalue weighted by atomic mass is 9.60. The Labute approximate surface area is 240 Å². The smallest absolute Gasteiger partial charge is 0.204 e. The van der Waals surface area contributed by atoms with Gasteiger partial charge in [0.05, 0.1) is 6.61 Å². The topological polar surface area (TPSA) is 18.5 Å². The summed E-state index contributed by atoms with van der Waals surface area (Å²) in [5.74, 6) is 3.21. The maximum Gasteiger partial charge on any atom is 0.204 e. The molecule has 3 saturated carbocycles. The molecule has 4 unspecified atom stereocenters. The minimum atomic E-state index is -0.998. The minimum Gasteiger partial charge on any atom is -0.491 e. The average Bonchev–Trinajstić information content (AvgIpc) is 2.99. The van der Waals surface area contributed by atoms with Crippen molar-refractivity contribution in [2.24, 2.45) is 29.6 Å². The minimum absolute atomic E-state index is 0.0850. The maximum atomic E-state index is 14.3. The normalized spacial score (nSPS) is 28.8. The summed E-state index contributed by atoms with van der Waals surface area (Å²) in [6, 6.07) is 11.5. The number of rotatable bonds is 10. The summed E-state index contributed by atoms with van der Waals surface area (Å²) in [6.45, 7) is 4.36. The highest BCUT2D eigenvalue weighted by molar-refractivity contribution is 5.35. The van der Waals surface area contributed by atoms with E-state index in [9.17, 15) is 8.78 Å². The Morgan fingerprint density at radius 1 is 0.725 bits per heavy atom. The number of fused-ring (bicyclic) bond motifs is 1. The zero-order valence-electron chi connectivity index (χ0n) is 24.6. The third-order valence-corrected chi connectivity index (χ3v) is 10.3. The van der Waals surface area contributed by atoms with Crippen LogP contribution in [0, 0.1) is 41.2 Å². The molecule has 4 heteroatoms. The third-order valence-electron chi connectivity index (χ3n) is 10.3. The number of benzene rings is 2. The predicted molar refractivity (Wildman–Crippen MR) is 159 cm³/mol. The van der Waals surface area contributed by atoms with Gasteiger partial charge in [-0.25, -0.2) is 0 Å². The van der Waals surface area contributed by atoms with E-state index in [1.807, 2.05) is 0 Å². The molecule has 2 aromatic rings. The van der Waals surface area contributed by atoms with Crippen molar-refractivity contribution in [3.05, 3.63) is 71.3 Å². The summed E-state index contributed by atoms with van der Waals surface area (Å²) in [5.41, 5.74) is 2.38. The van der Waals surface area contributed by atoms with E-state index in [0.717, 1.165) is 35.2 Å². The summed E-state index contributed by atoms with van der Waals surface area (Å²) in [5, 5.41) is 0. The molecule has 0 radical (unpaired) electrons. The average molecular weight is 551 g/mol. The van der Waals surface area contributed by atoms with Gasteiger partial charge in [0.1, 0.15) is 6.61 Å². The first-order valence-electron chi connectivity index (χ1n) is 16.0. The second kappa shape index (κ2) is 14.0. The van der Waals surface area contributed by atoms with Crippen molar-refractivity contribution in [2.75, 3.05) is 6.61 Å². The molecule has 3 aliphatic carbocycles. The molecule has 2 aromatic carbocycles. The predicted octanol–water partition coefficient (Wildman–Crippen LogP) is 10.4. The van der Waals surface area contributed by atoms with Crippen molar-refractivity contribution in [3.8, 4) is 11.5 Å². The lowest BCUT2D eigenvalue weighted by Gasteiger charge is -2.45. The lowest BCUT2D eigenvalue weighted by Crippen LogP contribution is -2.34. The number of hydrogen-bond acceptors (Lipinski definition) is 2. The molecule has 3 aliphatic rings. The van der Waals surface area contributed by atoms with Crippen LogP contribution in [0.2, 0.25) is 0 Å². The van der Waals surface area contributed by atoms with Crippen LogP contribution in [0.25, 0.3) is 0 Å². The quantitative estimate of drug-likeness (QED) is 0.274. The van der Waals surface area contributed by atoms with Gasteiger partial charge in [-0.05, 0) is 137 Å². The Kier molecular flexibility index (Phi) is 10.2. The number of allylic oxidation sites excluding steroid dienone is 2. The molecule has 0 aliphatic heterocycles. The van der Waals surface area contributed by atoms with Crippen LogP contribution in [0.5, 0.6) is 11.5 Å². The molecule has 218 valence electrons. The van der Waals surface area contributed by atoms with E-state index >= 15 is 0 Å². The molecule has 0 spiro atoms. The molecule has 0 saturated heterocycles. The van der Waals surface area contributed by atoms with Crippen molar-refractivity contribution < 1.29 is 18.3 Å². The van der Waals surface area contributed by atoms with Crippen LogP contribution in [0.4, 0.5) is 8.78 Å². The fraction of sp³-hybridized carbons (Fsp3) is 0.611. The van der Waals surface area contributed by atoms with E-state index < -0.39 is 11.6 Å². The van der Waals surface area contributed by atoms with Crippen molar-refractivity contribution in [1.29, 1.82) is 0 Å². The third kappa shape index (κ3) is 7.09. The molecule has 0 N–H and O–H groups in total. The van der Waals surface area contributed by atoms with E-state index in [0.29, 0.717) is 5.92 Å². The summed E-state index contributed by atoms with van der Waals surface area (Å²) in [6.07, 6.45) is 21.4. The zero-order valence-corrected chi connectivity index (χ0v) is 24.6. The van der Waals surface area contributed by atoms with Crippen molar-refractivity contribution >= 4 is 0 Å². The Morgan fingerprint density at radius 3 is 2.00 bits per heavy atom. The van der Waals surface area contributed by atoms with Gasteiger partial charge in [-0.3, -0.25) is 0 Å². The Bertz CT molecular complexity index is 1100. The Balaban J connectivity index is 1.08. The van der Waals surface area contributed by atoms with Crippen LogP contribution in [-0.4, -0.2) is 6.61 Å². The summed E-state index contributed by atoms with van der Waals surface area (Å²) >= 11 is 0. The van der Waals surface area contributed by atoms with Gasteiger partial charge in [-0.1, -0.05) is 49.3 Å². The van der Waals surface area contributed by atoms with Crippen molar-refractivity contribution in [2.45, 2.75) is 103 Å². The first-order chi connectivity index (χ1) is 19.6. The molecule has 3 fully saturated rings. The summed E-state index contributed by atoms with van der Waals surface area (Å²) < 4.78 is 39.2. The van der Waals surface area contributed by atoms with E-state index in [4.69, 9.17) is 9.47 Å². The SMILES string of the molecule is C/C=C/CCC1CCC(C2CCC3CC(c4ccc(COc5ccc(OCC)c(F)c5F)cc4)CCC3C2)CC1. The molecule has 0 aromatic heterocycles. The molecular formula is C36H48F2O2. The first-order valence-corrected chi connectivity index (χ1v) is 16.0. The molecule has 0 amide bonds. The molecule has 5 rings (SSSR count). The van der Waals surface area contributed by atoms with Crippen LogP contribution < -0.4 is 9.47 Å². The van der Waals surface area contributed by atoms with Crippen LogP contribution in [0.3, 0.4) is 0 Å². The second-order valence-electron chi connectivity index (χ2n) is 12.7. The molecule has 0 heterocycles. The lowest BCUT2D eigenvalue weighted by molar-refractivity contribution is 0.0713. The van der Waals surface area contributed by atoms with Gasteiger partial charge < -0.3 is 9.47 Å². The van der Waals surface area contributed by atoms with E-state index in [1.54, 1.807) is 6.92 Å². The van der Waals surface area contributed by atoms with E-state index in [-0.39, 0.29) is 24.7 Å². The fourth-order valence-electron chi connectivity index (χ4n) is 8.04. The van der Waals surface area contributed by atoms with Gasteiger partial charge in [-0.15, -0.1) is 0 Å². The molecular weight excluding hydrogens is 502 g/mol. The van der Waals surface area contributed by atoms with Gasteiger partial charge in [0.15, 0.2) is 11.5 Å². The highest BCUT2D eigenvalue weighted by Gasteiger charge is 2.39. The zero-order chi connectivity index (χ0) is 27.9. The highest BCUT2D eigenvalue weighted by Crippen LogP contribution is 2.51. The second-order valence-corrected chi connectivity index (χ2v) is 12.7. The van der Waals surface area contributed by atoms with Crippen LogP contribution in [-0.2, 0) is 6.61 Å². The summed E-state index contributed by atoms with van der Waals surface area (Å²) in [7, 11) is 0. The molecule has 4 atom stereocenters. The molecule has 40 heavy (non-hydrogen) atoms. The van der Waals surface area contributed by atoms with E-state index in [2.05, 4.69) is 43.3 Å².